The summed E-state index contributed by atoms with van der Waals surface area (Å²) < 4.78 is 5.61. The minimum atomic E-state index is 0.282. The van der Waals surface area contributed by atoms with Crippen molar-refractivity contribution < 1.29 is 4.74 Å². The molecule has 5 nitrogen and oxygen atoms in total. The molecule has 1 aromatic carbocycles. The van der Waals surface area contributed by atoms with E-state index in [9.17, 15) is 0 Å². The van der Waals surface area contributed by atoms with Crippen LogP contribution in [0.2, 0.25) is 0 Å². The lowest BCUT2D eigenvalue weighted by atomic mass is 9.89. The van der Waals surface area contributed by atoms with Gasteiger partial charge in [-0.05, 0) is 62.0 Å². The van der Waals surface area contributed by atoms with Gasteiger partial charge in [-0.25, -0.2) is 9.97 Å². The molecule has 0 radical (unpaired) electrons. The van der Waals surface area contributed by atoms with Crippen molar-refractivity contribution in [3.8, 4) is 17.0 Å². The van der Waals surface area contributed by atoms with Crippen LogP contribution in [0.15, 0.2) is 24.4 Å². The predicted molar refractivity (Wildman–Crippen MR) is 88.0 cm³/mol. The number of benzene rings is 1. The molecular formula is C17H22N4O. The van der Waals surface area contributed by atoms with E-state index in [2.05, 4.69) is 33.5 Å². The second-order valence-corrected chi connectivity index (χ2v) is 5.74. The molecular weight excluding hydrogens is 276 g/mol. The molecule has 1 saturated heterocycles. The molecule has 0 aliphatic carbocycles. The second-order valence-electron chi connectivity index (χ2n) is 5.74. The van der Waals surface area contributed by atoms with E-state index in [1.807, 2.05) is 6.92 Å². The molecule has 116 valence electrons. The second kappa shape index (κ2) is 6.32. The molecule has 0 amide bonds. The Morgan fingerprint density at radius 3 is 2.77 bits per heavy atom. The lowest BCUT2D eigenvalue weighted by molar-refractivity contribution is 0.412. The Balaban J connectivity index is 2.00. The Kier molecular flexibility index (Phi) is 4.24. The molecule has 0 unspecified atom stereocenters. The molecule has 2 heterocycles. The third-order valence-corrected chi connectivity index (χ3v) is 4.28. The lowest BCUT2D eigenvalue weighted by Crippen LogP contribution is -2.26. The molecule has 0 atom stereocenters. The number of aryl methyl sites for hydroxylation is 1. The highest BCUT2D eigenvalue weighted by atomic mass is 16.5. The van der Waals surface area contributed by atoms with E-state index in [1.165, 1.54) is 18.4 Å². The first-order valence-corrected chi connectivity index (χ1v) is 7.67. The van der Waals surface area contributed by atoms with Crippen LogP contribution in [0.5, 0.6) is 5.75 Å². The van der Waals surface area contributed by atoms with Gasteiger partial charge in [-0.2, -0.15) is 0 Å². The standard InChI is InChI=1S/C17H22N4O/c1-11-10-20-17(18)21-16(11)14-4-3-13(9-15(14)22-2)12-5-7-19-8-6-12/h3-4,9-10,12,19H,5-8H2,1-2H3,(H2,18,20,21). The zero-order chi connectivity index (χ0) is 15.5. The number of ether oxygens (including phenoxy) is 1. The van der Waals surface area contributed by atoms with Crippen molar-refractivity contribution in [1.29, 1.82) is 0 Å². The number of hydrogen-bond acceptors (Lipinski definition) is 5. The maximum absolute atomic E-state index is 5.73. The molecule has 1 aliphatic heterocycles. The van der Waals surface area contributed by atoms with Crippen LogP contribution in [0.3, 0.4) is 0 Å². The van der Waals surface area contributed by atoms with E-state index in [-0.39, 0.29) is 5.95 Å². The topological polar surface area (TPSA) is 73.1 Å². The van der Waals surface area contributed by atoms with E-state index < -0.39 is 0 Å². The summed E-state index contributed by atoms with van der Waals surface area (Å²) in [6, 6.07) is 6.42. The first-order valence-electron chi connectivity index (χ1n) is 7.67. The van der Waals surface area contributed by atoms with Crippen molar-refractivity contribution >= 4 is 5.95 Å². The first kappa shape index (κ1) is 14.8. The molecule has 3 N–H and O–H groups in total. The number of hydrogen-bond donors (Lipinski definition) is 2. The van der Waals surface area contributed by atoms with Crippen LogP contribution in [0, 0.1) is 6.92 Å². The van der Waals surface area contributed by atoms with Gasteiger partial charge in [0.1, 0.15) is 5.75 Å². The van der Waals surface area contributed by atoms with Gasteiger partial charge < -0.3 is 15.8 Å². The van der Waals surface area contributed by atoms with E-state index in [4.69, 9.17) is 10.5 Å². The third-order valence-electron chi connectivity index (χ3n) is 4.28. The molecule has 22 heavy (non-hydrogen) atoms. The highest BCUT2D eigenvalue weighted by molar-refractivity contribution is 5.71. The predicted octanol–water partition coefficient (Wildman–Crippen LogP) is 2.51. The van der Waals surface area contributed by atoms with Crippen molar-refractivity contribution in [3.63, 3.8) is 0 Å². The molecule has 1 fully saturated rings. The Labute approximate surface area is 130 Å². The molecule has 3 rings (SSSR count). The number of piperidine rings is 1. The lowest BCUT2D eigenvalue weighted by Gasteiger charge is -2.24. The van der Waals surface area contributed by atoms with Crippen LogP contribution in [0.4, 0.5) is 5.95 Å². The summed E-state index contributed by atoms with van der Waals surface area (Å²) >= 11 is 0. The number of aromatic nitrogens is 2. The van der Waals surface area contributed by atoms with Gasteiger partial charge in [0.2, 0.25) is 5.95 Å². The molecule has 0 spiro atoms. The van der Waals surface area contributed by atoms with Crippen LogP contribution >= 0.6 is 0 Å². The maximum Gasteiger partial charge on any atom is 0.220 e. The highest BCUT2D eigenvalue weighted by Gasteiger charge is 2.18. The van der Waals surface area contributed by atoms with E-state index in [0.717, 1.165) is 35.7 Å². The third kappa shape index (κ3) is 2.90. The van der Waals surface area contributed by atoms with Gasteiger partial charge in [-0.1, -0.05) is 6.07 Å². The van der Waals surface area contributed by atoms with Crippen LogP contribution in [0.25, 0.3) is 11.3 Å². The van der Waals surface area contributed by atoms with Gasteiger partial charge >= 0.3 is 0 Å². The first-order chi connectivity index (χ1) is 10.7. The summed E-state index contributed by atoms with van der Waals surface area (Å²) in [6.45, 7) is 4.14. The number of rotatable bonds is 3. The quantitative estimate of drug-likeness (QED) is 0.911. The number of methoxy groups -OCH3 is 1. The summed E-state index contributed by atoms with van der Waals surface area (Å²) in [4.78, 5) is 8.40. The van der Waals surface area contributed by atoms with Crippen LogP contribution in [0.1, 0.15) is 29.9 Å². The number of nitrogens with two attached hydrogens (primary N) is 1. The highest BCUT2D eigenvalue weighted by Crippen LogP contribution is 2.35. The fraction of sp³-hybridized carbons (Fsp3) is 0.412. The Bertz CT molecular complexity index is 666. The average Bonchev–Trinajstić information content (AvgIpc) is 2.57. The molecule has 0 saturated carbocycles. The molecule has 1 aromatic heterocycles. The van der Waals surface area contributed by atoms with Crippen LogP contribution in [-0.4, -0.2) is 30.2 Å². The molecule has 5 heteroatoms. The van der Waals surface area contributed by atoms with Gasteiger partial charge in [-0.15, -0.1) is 0 Å². The van der Waals surface area contributed by atoms with Crippen molar-refractivity contribution in [2.45, 2.75) is 25.7 Å². The van der Waals surface area contributed by atoms with Crippen LogP contribution < -0.4 is 15.8 Å². The summed E-state index contributed by atoms with van der Waals surface area (Å²) in [6.07, 6.45) is 4.09. The van der Waals surface area contributed by atoms with E-state index >= 15 is 0 Å². The summed E-state index contributed by atoms with van der Waals surface area (Å²) in [5.74, 6) is 1.73. The minimum Gasteiger partial charge on any atom is -0.496 e. The van der Waals surface area contributed by atoms with Crippen molar-refractivity contribution in [2.24, 2.45) is 0 Å². The SMILES string of the molecule is COc1cc(C2CCNCC2)ccc1-c1nc(N)ncc1C. The number of nitrogens with zero attached hydrogens (tertiary/aromatic N) is 2. The smallest absolute Gasteiger partial charge is 0.220 e. The van der Waals surface area contributed by atoms with Gasteiger partial charge in [-0.3, -0.25) is 0 Å². The number of nitrogens with one attached hydrogen (secondary N) is 1. The van der Waals surface area contributed by atoms with E-state index in [1.54, 1.807) is 13.3 Å². The van der Waals surface area contributed by atoms with Gasteiger partial charge in [0, 0.05) is 11.8 Å². The summed E-state index contributed by atoms with van der Waals surface area (Å²) in [7, 11) is 1.70. The monoisotopic (exact) mass is 298 g/mol. The van der Waals surface area contributed by atoms with Gasteiger partial charge in [0.05, 0.1) is 12.8 Å². The largest absolute Gasteiger partial charge is 0.496 e. The van der Waals surface area contributed by atoms with Crippen molar-refractivity contribution in [3.05, 3.63) is 35.5 Å². The fourth-order valence-electron chi connectivity index (χ4n) is 3.04. The molecule has 2 aromatic rings. The van der Waals surface area contributed by atoms with Crippen molar-refractivity contribution in [1.82, 2.24) is 15.3 Å². The fourth-order valence-corrected chi connectivity index (χ4v) is 3.04. The van der Waals surface area contributed by atoms with Crippen molar-refractivity contribution in [2.75, 3.05) is 25.9 Å². The summed E-state index contributed by atoms with van der Waals surface area (Å²) in [5, 5.41) is 3.40. The van der Waals surface area contributed by atoms with Gasteiger partial charge in [0.25, 0.3) is 0 Å². The van der Waals surface area contributed by atoms with Gasteiger partial charge in [0.15, 0.2) is 0 Å². The normalized spacial score (nSPS) is 15.7. The average molecular weight is 298 g/mol. The Morgan fingerprint density at radius 1 is 1.27 bits per heavy atom. The zero-order valence-corrected chi connectivity index (χ0v) is 13.1. The maximum atomic E-state index is 5.73. The number of nitrogen functional groups attached to an aromatic ring is 1. The Hall–Kier alpha value is -2.14. The Morgan fingerprint density at radius 2 is 2.05 bits per heavy atom. The molecule has 0 bridgehead atoms. The zero-order valence-electron chi connectivity index (χ0n) is 13.1. The summed E-state index contributed by atoms with van der Waals surface area (Å²) in [5.41, 5.74) is 9.86. The number of anilines is 1. The molecule has 1 aliphatic rings. The van der Waals surface area contributed by atoms with Crippen LogP contribution in [-0.2, 0) is 0 Å². The van der Waals surface area contributed by atoms with E-state index in [0.29, 0.717) is 5.92 Å². The minimum absolute atomic E-state index is 0.282.